The van der Waals surface area contributed by atoms with Crippen LogP contribution in [0.2, 0.25) is 0 Å². The molecule has 0 aliphatic rings. The van der Waals surface area contributed by atoms with Gasteiger partial charge in [-0.05, 0) is 6.92 Å². The molecule has 0 bridgehead atoms. The Morgan fingerprint density at radius 2 is 2.31 bits per heavy atom. The Morgan fingerprint density at radius 1 is 1.44 bits per heavy atom. The van der Waals surface area contributed by atoms with E-state index in [1.807, 2.05) is 18.5 Å². The van der Waals surface area contributed by atoms with Crippen LogP contribution in [-0.2, 0) is 20.0 Å². The van der Waals surface area contributed by atoms with Gasteiger partial charge in [0.05, 0.1) is 6.54 Å². The summed E-state index contributed by atoms with van der Waals surface area (Å²) in [4.78, 5) is 3.93. The van der Waals surface area contributed by atoms with Crippen LogP contribution in [0.5, 0.6) is 0 Å². The second kappa shape index (κ2) is 4.84. The van der Waals surface area contributed by atoms with Gasteiger partial charge in [-0.2, -0.15) is 4.98 Å². The van der Waals surface area contributed by atoms with Gasteiger partial charge in [0.25, 0.3) is 0 Å². The van der Waals surface area contributed by atoms with Crippen LogP contribution in [0.1, 0.15) is 17.5 Å². The van der Waals surface area contributed by atoms with Crippen LogP contribution in [0.25, 0.3) is 0 Å². The highest BCUT2D eigenvalue weighted by atomic mass is 16.5. The maximum Gasteiger partial charge on any atom is 0.227 e. The number of rotatable bonds is 5. The molecule has 0 radical (unpaired) electrons. The molecule has 0 saturated carbocycles. The molecule has 0 fully saturated rings. The predicted molar refractivity (Wildman–Crippen MR) is 55.4 cm³/mol. The Morgan fingerprint density at radius 3 is 2.94 bits per heavy atom. The minimum Gasteiger partial charge on any atom is -0.340 e. The van der Waals surface area contributed by atoms with Gasteiger partial charge < -0.3 is 14.4 Å². The largest absolute Gasteiger partial charge is 0.340 e. The van der Waals surface area contributed by atoms with Crippen molar-refractivity contribution in [3.63, 3.8) is 0 Å². The van der Waals surface area contributed by atoms with Gasteiger partial charge in [0.1, 0.15) is 11.6 Å². The quantitative estimate of drug-likeness (QED) is 0.708. The summed E-state index contributed by atoms with van der Waals surface area (Å²) in [5.74, 6) is 2.47. The van der Waals surface area contributed by atoms with Crippen molar-refractivity contribution in [1.29, 1.82) is 0 Å². The smallest absolute Gasteiger partial charge is 0.227 e. The molecule has 0 saturated heterocycles. The highest BCUT2D eigenvalue weighted by Gasteiger charge is 2.04. The lowest BCUT2D eigenvalue weighted by Crippen LogP contribution is -2.19. The molecule has 0 aromatic carbocycles. The van der Waals surface area contributed by atoms with Crippen LogP contribution in [0.3, 0.4) is 0 Å². The van der Waals surface area contributed by atoms with Gasteiger partial charge in [-0.25, -0.2) is 0 Å². The summed E-state index contributed by atoms with van der Waals surface area (Å²) < 4.78 is 6.84. The lowest BCUT2D eigenvalue weighted by molar-refractivity contribution is 0.374. The van der Waals surface area contributed by atoms with Crippen LogP contribution >= 0.6 is 0 Å². The zero-order valence-corrected chi connectivity index (χ0v) is 9.34. The van der Waals surface area contributed by atoms with Crippen LogP contribution in [0, 0.1) is 6.92 Å². The zero-order valence-electron chi connectivity index (χ0n) is 9.34. The lowest BCUT2D eigenvalue weighted by Gasteiger charge is -2.02. The van der Waals surface area contributed by atoms with Gasteiger partial charge in [-0.15, -0.1) is 10.2 Å². The second-order valence-corrected chi connectivity index (χ2v) is 3.48. The molecule has 0 atom stereocenters. The number of hydrogen-bond acceptors (Lipinski definition) is 6. The number of aryl methyl sites for hydroxylation is 1. The van der Waals surface area contributed by atoms with Gasteiger partial charge in [0.2, 0.25) is 5.89 Å². The van der Waals surface area contributed by atoms with E-state index < -0.39 is 0 Å². The van der Waals surface area contributed by atoms with Crippen LogP contribution in [-0.4, -0.2) is 31.4 Å². The standard InChI is InChI=1S/C9H14N6O/c1-7-13-14-8(15(7)2)5-10-4-3-9-11-6-12-16-9/h6,10H,3-5H2,1-2H3. The first-order valence-corrected chi connectivity index (χ1v) is 5.08. The third-order valence-electron chi connectivity index (χ3n) is 2.39. The molecule has 2 aromatic heterocycles. The van der Waals surface area contributed by atoms with Crippen LogP contribution in [0.4, 0.5) is 0 Å². The summed E-state index contributed by atoms with van der Waals surface area (Å²) in [6, 6.07) is 0. The third kappa shape index (κ3) is 2.43. The van der Waals surface area contributed by atoms with Crippen molar-refractivity contribution in [2.24, 2.45) is 7.05 Å². The molecule has 7 heteroatoms. The lowest BCUT2D eigenvalue weighted by atomic mass is 10.4. The van der Waals surface area contributed by atoms with Crippen molar-refractivity contribution in [2.45, 2.75) is 19.9 Å². The maximum absolute atomic E-state index is 4.88. The van der Waals surface area contributed by atoms with Crippen LogP contribution < -0.4 is 5.32 Å². The van der Waals surface area contributed by atoms with Gasteiger partial charge in [0, 0.05) is 20.0 Å². The normalized spacial score (nSPS) is 10.9. The third-order valence-corrected chi connectivity index (χ3v) is 2.39. The van der Waals surface area contributed by atoms with Crippen molar-refractivity contribution >= 4 is 0 Å². The van der Waals surface area contributed by atoms with Gasteiger partial charge in [0.15, 0.2) is 6.33 Å². The van der Waals surface area contributed by atoms with Crippen molar-refractivity contribution < 1.29 is 4.52 Å². The van der Waals surface area contributed by atoms with Gasteiger partial charge in [-0.3, -0.25) is 0 Å². The minimum atomic E-state index is 0.640. The summed E-state index contributed by atoms with van der Waals surface area (Å²) in [7, 11) is 1.95. The van der Waals surface area contributed by atoms with E-state index in [2.05, 4.69) is 25.7 Å². The number of hydrogen-bond donors (Lipinski definition) is 1. The van der Waals surface area contributed by atoms with Gasteiger partial charge >= 0.3 is 0 Å². The summed E-state index contributed by atoms with van der Waals surface area (Å²) in [5.41, 5.74) is 0. The SMILES string of the molecule is Cc1nnc(CNCCc2ncno2)n1C. The molecule has 2 heterocycles. The molecule has 2 aromatic rings. The average Bonchev–Trinajstić information content (AvgIpc) is 2.88. The monoisotopic (exact) mass is 222 g/mol. The van der Waals surface area contributed by atoms with E-state index in [9.17, 15) is 0 Å². The first-order valence-electron chi connectivity index (χ1n) is 5.08. The molecule has 0 unspecified atom stereocenters. The minimum absolute atomic E-state index is 0.640. The van der Waals surface area contributed by atoms with Crippen molar-refractivity contribution in [2.75, 3.05) is 6.54 Å². The summed E-state index contributed by atoms with van der Waals surface area (Å²) in [6.07, 6.45) is 2.12. The average molecular weight is 222 g/mol. The number of aromatic nitrogens is 5. The first kappa shape index (κ1) is 10.7. The molecule has 0 amide bonds. The molecule has 2 rings (SSSR count). The van der Waals surface area contributed by atoms with E-state index in [1.165, 1.54) is 6.33 Å². The van der Waals surface area contributed by atoms with E-state index in [0.717, 1.165) is 24.6 Å². The Labute approximate surface area is 92.9 Å². The molecular weight excluding hydrogens is 208 g/mol. The number of nitrogens with one attached hydrogen (secondary N) is 1. The maximum atomic E-state index is 4.88. The fraction of sp³-hybridized carbons (Fsp3) is 0.556. The van der Waals surface area contributed by atoms with E-state index in [0.29, 0.717) is 12.4 Å². The topological polar surface area (TPSA) is 81.7 Å². The molecule has 1 N–H and O–H groups in total. The predicted octanol–water partition coefficient (Wildman–Crippen LogP) is -0.161. The molecular formula is C9H14N6O. The Bertz CT molecular complexity index is 435. The number of nitrogens with zero attached hydrogens (tertiary/aromatic N) is 5. The van der Waals surface area contributed by atoms with E-state index in [-0.39, 0.29) is 0 Å². The highest BCUT2D eigenvalue weighted by molar-refractivity contribution is 4.91. The molecule has 0 aliphatic heterocycles. The summed E-state index contributed by atoms with van der Waals surface area (Å²) in [5, 5.41) is 14.8. The van der Waals surface area contributed by atoms with Gasteiger partial charge in [-0.1, -0.05) is 5.16 Å². The second-order valence-electron chi connectivity index (χ2n) is 3.48. The van der Waals surface area contributed by atoms with E-state index >= 15 is 0 Å². The molecule has 7 nitrogen and oxygen atoms in total. The molecule has 0 spiro atoms. The first-order chi connectivity index (χ1) is 7.77. The fourth-order valence-corrected chi connectivity index (χ4v) is 1.31. The summed E-state index contributed by atoms with van der Waals surface area (Å²) in [6.45, 7) is 3.38. The summed E-state index contributed by atoms with van der Waals surface area (Å²) >= 11 is 0. The molecule has 86 valence electrons. The van der Waals surface area contributed by atoms with E-state index in [4.69, 9.17) is 4.52 Å². The van der Waals surface area contributed by atoms with Crippen molar-refractivity contribution in [3.8, 4) is 0 Å². The Hall–Kier alpha value is -1.76. The Balaban J connectivity index is 1.74. The highest BCUT2D eigenvalue weighted by Crippen LogP contribution is 1.97. The van der Waals surface area contributed by atoms with Crippen molar-refractivity contribution in [3.05, 3.63) is 23.9 Å². The Kier molecular flexibility index (Phi) is 3.25. The zero-order chi connectivity index (χ0) is 11.4. The molecule has 0 aliphatic carbocycles. The molecule has 16 heavy (non-hydrogen) atoms. The fourth-order valence-electron chi connectivity index (χ4n) is 1.31. The van der Waals surface area contributed by atoms with Crippen molar-refractivity contribution in [1.82, 2.24) is 30.2 Å². The van der Waals surface area contributed by atoms with Crippen LogP contribution in [0.15, 0.2) is 10.9 Å². The van der Waals surface area contributed by atoms with E-state index in [1.54, 1.807) is 0 Å².